The van der Waals surface area contributed by atoms with Crippen molar-refractivity contribution in [3.8, 4) is 5.75 Å². The monoisotopic (exact) mass is 337 g/mol. The topological polar surface area (TPSA) is 124 Å². The molecular formula is C14H16N3O5P. The highest BCUT2D eigenvalue weighted by Crippen LogP contribution is 2.40. The van der Waals surface area contributed by atoms with E-state index in [1.807, 2.05) is 6.92 Å². The summed E-state index contributed by atoms with van der Waals surface area (Å²) in [6.07, 6.45) is 3.23. The summed E-state index contributed by atoms with van der Waals surface area (Å²) in [5, 5.41) is 3.07. The molecule has 2 rings (SSSR count). The fraction of sp³-hybridized carbons (Fsp3) is 0.214. The molecule has 1 aromatic rings. The molecular weight excluding hydrogens is 321 g/mol. The number of rotatable bonds is 6. The number of allylic oxidation sites excluding steroid dienone is 3. The Labute approximate surface area is 132 Å². The van der Waals surface area contributed by atoms with Crippen LogP contribution in [0.3, 0.4) is 0 Å². The summed E-state index contributed by atoms with van der Waals surface area (Å²) in [4.78, 5) is 20.8. The van der Waals surface area contributed by atoms with Gasteiger partial charge >= 0.3 is 13.5 Å². The molecule has 0 fully saturated rings. The fourth-order valence-corrected chi connectivity index (χ4v) is 2.36. The molecule has 0 amide bonds. The van der Waals surface area contributed by atoms with Crippen molar-refractivity contribution >= 4 is 19.2 Å². The van der Waals surface area contributed by atoms with Gasteiger partial charge in [-0.2, -0.15) is 4.79 Å². The van der Waals surface area contributed by atoms with Gasteiger partial charge in [-0.3, -0.25) is 9.79 Å². The molecule has 0 saturated carbocycles. The normalized spacial score (nSPS) is 14.5. The zero-order valence-corrected chi connectivity index (χ0v) is 13.2. The highest BCUT2D eigenvalue weighted by Gasteiger charge is 2.28. The SMILES string of the molecule is CCOc1ccc(NC2=CCC(=[N+]=[N-])C(OP(=O)(O)O)=C2)cc1. The molecule has 0 atom stereocenters. The van der Waals surface area contributed by atoms with E-state index in [9.17, 15) is 4.57 Å². The number of ether oxygens (including phenoxy) is 1. The molecule has 0 aromatic heterocycles. The lowest BCUT2D eigenvalue weighted by Crippen LogP contribution is -2.13. The lowest BCUT2D eigenvalue weighted by Gasteiger charge is -2.14. The molecule has 0 saturated heterocycles. The number of phosphoric acid groups is 1. The Hall–Kier alpha value is -2.37. The molecule has 0 spiro atoms. The van der Waals surface area contributed by atoms with Crippen LogP contribution in [-0.2, 0) is 9.09 Å². The number of phosphoric ester groups is 1. The lowest BCUT2D eigenvalue weighted by atomic mass is 10.1. The Morgan fingerprint density at radius 1 is 1.35 bits per heavy atom. The Morgan fingerprint density at radius 2 is 2.04 bits per heavy atom. The van der Waals surface area contributed by atoms with Crippen LogP contribution in [0.2, 0.25) is 0 Å². The summed E-state index contributed by atoms with van der Waals surface area (Å²) in [6.45, 7) is 2.47. The number of anilines is 1. The van der Waals surface area contributed by atoms with Crippen molar-refractivity contribution < 1.29 is 28.4 Å². The van der Waals surface area contributed by atoms with Crippen LogP contribution in [0.4, 0.5) is 5.69 Å². The minimum absolute atomic E-state index is 0.0329. The number of nitrogens with one attached hydrogen (secondary N) is 1. The van der Waals surface area contributed by atoms with E-state index >= 15 is 0 Å². The molecule has 0 aliphatic heterocycles. The van der Waals surface area contributed by atoms with E-state index in [1.54, 1.807) is 30.3 Å². The maximum atomic E-state index is 11.0. The van der Waals surface area contributed by atoms with Gasteiger partial charge in [0.2, 0.25) is 5.76 Å². The standard InChI is InChI=1S/C14H16N3O5P/c1-2-21-12-6-3-10(4-7-12)16-11-5-8-13(17-15)14(9-11)22-23(18,19)20/h3-7,9,16H,2,8H2,1H3,(H2,18,19,20). The quantitative estimate of drug-likeness (QED) is 0.416. The van der Waals surface area contributed by atoms with Crippen molar-refractivity contribution in [3.63, 3.8) is 0 Å². The molecule has 0 bridgehead atoms. The van der Waals surface area contributed by atoms with Gasteiger partial charge in [0.1, 0.15) is 5.75 Å². The summed E-state index contributed by atoms with van der Waals surface area (Å²) in [5.41, 5.74) is 10.2. The first-order valence-electron chi connectivity index (χ1n) is 6.79. The minimum atomic E-state index is -4.74. The predicted molar refractivity (Wildman–Crippen MR) is 83.8 cm³/mol. The van der Waals surface area contributed by atoms with Gasteiger partial charge < -0.3 is 20.1 Å². The second-order valence-corrected chi connectivity index (χ2v) is 5.75. The van der Waals surface area contributed by atoms with Crippen LogP contribution in [0.25, 0.3) is 5.53 Å². The molecule has 23 heavy (non-hydrogen) atoms. The van der Waals surface area contributed by atoms with E-state index in [0.717, 1.165) is 11.4 Å². The zero-order valence-electron chi connectivity index (χ0n) is 12.3. The number of hydrogen-bond acceptors (Lipinski definition) is 4. The van der Waals surface area contributed by atoms with Crippen molar-refractivity contribution in [2.45, 2.75) is 13.3 Å². The number of nitrogens with zero attached hydrogens (tertiary/aromatic N) is 2. The molecule has 3 N–H and O–H groups in total. The summed E-state index contributed by atoms with van der Waals surface area (Å²) in [5.74, 6) is 0.559. The average Bonchev–Trinajstić information content (AvgIpc) is 2.48. The maximum Gasteiger partial charge on any atom is 0.525 e. The van der Waals surface area contributed by atoms with E-state index in [4.69, 9.17) is 20.1 Å². The Kier molecular flexibility index (Phi) is 5.36. The second kappa shape index (κ2) is 7.26. The van der Waals surface area contributed by atoms with E-state index in [-0.39, 0.29) is 17.9 Å². The first-order valence-corrected chi connectivity index (χ1v) is 8.32. The van der Waals surface area contributed by atoms with Crippen molar-refractivity contribution in [2.75, 3.05) is 11.9 Å². The zero-order chi connectivity index (χ0) is 16.9. The van der Waals surface area contributed by atoms with Crippen molar-refractivity contribution in [2.24, 2.45) is 0 Å². The highest BCUT2D eigenvalue weighted by molar-refractivity contribution is 7.46. The van der Waals surface area contributed by atoms with Crippen LogP contribution in [0, 0.1) is 0 Å². The minimum Gasteiger partial charge on any atom is -0.494 e. The first-order chi connectivity index (χ1) is 10.9. The average molecular weight is 337 g/mol. The van der Waals surface area contributed by atoms with Gasteiger partial charge in [-0.15, -0.1) is 0 Å². The summed E-state index contributed by atoms with van der Waals surface area (Å²) >= 11 is 0. The van der Waals surface area contributed by atoms with Gasteiger partial charge in [0.05, 0.1) is 13.0 Å². The van der Waals surface area contributed by atoms with Crippen molar-refractivity contribution in [1.29, 1.82) is 0 Å². The first kappa shape index (κ1) is 17.0. The molecule has 0 radical (unpaired) electrons. The third-order valence-electron chi connectivity index (χ3n) is 2.88. The van der Waals surface area contributed by atoms with Crippen LogP contribution < -0.4 is 10.1 Å². The Morgan fingerprint density at radius 3 is 2.61 bits per heavy atom. The Balaban J connectivity index is 2.15. The highest BCUT2D eigenvalue weighted by atomic mass is 31.2. The van der Waals surface area contributed by atoms with Gasteiger partial charge in [0.25, 0.3) is 0 Å². The molecule has 0 unspecified atom stereocenters. The van der Waals surface area contributed by atoms with E-state index in [0.29, 0.717) is 12.3 Å². The molecule has 8 nitrogen and oxygen atoms in total. The van der Waals surface area contributed by atoms with Gasteiger partial charge in [0, 0.05) is 17.5 Å². The van der Waals surface area contributed by atoms with Gasteiger partial charge in [0.15, 0.2) is 0 Å². The van der Waals surface area contributed by atoms with Gasteiger partial charge in [-0.05, 0) is 37.3 Å². The molecule has 1 aliphatic carbocycles. The molecule has 1 aliphatic rings. The van der Waals surface area contributed by atoms with E-state index in [1.165, 1.54) is 6.08 Å². The Bertz CT molecular complexity index is 729. The summed E-state index contributed by atoms with van der Waals surface area (Å²) in [6, 6.07) is 7.21. The number of hydrogen-bond donors (Lipinski definition) is 3. The molecule has 9 heteroatoms. The predicted octanol–water partition coefficient (Wildman–Crippen LogP) is 2.45. The van der Waals surface area contributed by atoms with Crippen LogP contribution in [0.5, 0.6) is 5.75 Å². The molecule has 0 heterocycles. The maximum absolute atomic E-state index is 11.0. The summed E-state index contributed by atoms with van der Waals surface area (Å²) < 4.78 is 20.9. The number of benzene rings is 1. The van der Waals surface area contributed by atoms with Crippen LogP contribution in [-0.4, -0.2) is 26.9 Å². The largest absolute Gasteiger partial charge is 0.525 e. The fourth-order valence-electron chi connectivity index (χ4n) is 1.94. The van der Waals surface area contributed by atoms with Crippen LogP contribution in [0.1, 0.15) is 13.3 Å². The van der Waals surface area contributed by atoms with Crippen molar-refractivity contribution in [1.82, 2.24) is 0 Å². The summed E-state index contributed by atoms with van der Waals surface area (Å²) in [7, 11) is -4.74. The van der Waals surface area contributed by atoms with E-state index < -0.39 is 7.82 Å². The van der Waals surface area contributed by atoms with Crippen LogP contribution in [0.15, 0.2) is 47.9 Å². The van der Waals surface area contributed by atoms with Gasteiger partial charge in [-0.1, -0.05) is 0 Å². The van der Waals surface area contributed by atoms with Crippen LogP contribution >= 0.6 is 7.82 Å². The molecule has 1 aromatic carbocycles. The lowest BCUT2D eigenvalue weighted by molar-refractivity contribution is -0.00996. The molecule has 122 valence electrons. The smallest absolute Gasteiger partial charge is 0.494 e. The second-order valence-electron chi connectivity index (χ2n) is 4.58. The third-order valence-corrected chi connectivity index (χ3v) is 3.31. The van der Waals surface area contributed by atoms with Crippen molar-refractivity contribution in [3.05, 3.63) is 53.4 Å². The third kappa shape index (κ3) is 5.09. The van der Waals surface area contributed by atoms with E-state index in [2.05, 4.69) is 14.6 Å². The van der Waals surface area contributed by atoms with Gasteiger partial charge in [-0.25, -0.2) is 4.57 Å².